The van der Waals surface area contributed by atoms with E-state index in [0.29, 0.717) is 0 Å². The molecule has 0 radical (unpaired) electrons. The molecule has 2 aliphatic rings. The van der Waals surface area contributed by atoms with Gasteiger partial charge in [-0.2, -0.15) is 0 Å². The van der Waals surface area contributed by atoms with Crippen molar-refractivity contribution in [2.45, 2.75) is 19.8 Å². The van der Waals surface area contributed by atoms with Gasteiger partial charge in [-0.25, -0.2) is 0 Å². The van der Waals surface area contributed by atoms with Crippen LogP contribution >= 0.6 is 0 Å². The van der Waals surface area contributed by atoms with Crippen molar-refractivity contribution in [3.8, 4) is 0 Å². The van der Waals surface area contributed by atoms with Gasteiger partial charge in [-0.1, -0.05) is 0 Å². The molecule has 0 aliphatic heterocycles. The zero-order valence-electron chi connectivity index (χ0n) is 14.4. The van der Waals surface area contributed by atoms with E-state index in [2.05, 4.69) is 89.6 Å². The van der Waals surface area contributed by atoms with Crippen LogP contribution in [0.1, 0.15) is 25.3 Å². The number of benzene rings is 2. The summed E-state index contributed by atoms with van der Waals surface area (Å²) in [6, 6.07) is 15.4. The Labute approximate surface area is 164 Å². The first-order chi connectivity index (χ1) is 11.8. The molecule has 0 spiro atoms. The van der Waals surface area contributed by atoms with Crippen LogP contribution in [0.4, 0.5) is 0 Å². The summed E-state index contributed by atoms with van der Waals surface area (Å²) in [5.41, 5.74) is 2.84. The minimum Gasteiger partial charge on any atom is -1.00 e. The predicted octanol–water partition coefficient (Wildman–Crippen LogP) is 3.51. The summed E-state index contributed by atoms with van der Waals surface area (Å²) in [4.78, 5) is 0. The van der Waals surface area contributed by atoms with Crippen LogP contribution in [0.2, 0.25) is 0 Å². The minimum atomic E-state index is -1.89. The average Bonchev–Trinajstić information content (AvgIpc) is 3.32. The number of rotatable bonds is 4. The zero-order chi connectivity index (χ0) is 16.4. The Bertz CT molecular complexity index is 893. The monoisotopic (exact) mass is 422 g/mol. The molecule has 0 heterocycles. The van der Waals surface area contributed by atoms with Crippen LogP contribution in [0.15, 0.2) is 89.3 Å². The van der Waals surface area contributed by atoms with Crippen LogP contribution in [0.5, 0.6) is 0 Å². The van der Waals surface area contributed by atoms with Gasteiger partial charge in [-0.05, 0) is 0 Å². The van der Waals surface area contributed by atoms with Gasteiger partial charge in [0.25, 0.3) is 0 Å². The first-order valence-electron chi connectivity index (χ1n) is 8.58. The fraction of sp³-hybridized carbons (Fsp3) is 0.130. The van der Waals surface area contributed by atoms with E-state index in [1.54, 1.807) is 6.56 Å². The maximum absolute atomic E-state index is 2.65. The van der Waals surface area contributed by atoms with Crippen molar-refractivity contribution in [3.05, 3.63) is 94.8 Å². The van der Waals surface area contributed by atoms with Crippen molar-refractivity contribution in [2.75, 3.05) is 0 Å². The van der Waals surface area contributed by atoms with Crippen molar-refractivity contribution in [1.29, 1.82) is 0 Å². The van der Waals surface area contributed by atoms with E-state index in [4.69, 9.17) is 0 Å². The smallest absolute Gasteiger partial charge is 1.00 e. The van der Waals surface area contributed by atoms with Crippen molar-refractivity contribution < 1.29 is 34.2 Å². The number of hydrogen-bond donors (Lipinski definition) is 0. The van der Waals surface area contributed by atoms with E-state index < -0.39 is 21.8 Å². The van der Waals surface area contributed by atoms with Crippen molar-refractivity contribution >= 4 is 16.3 Å². The summed E-state index contributed by atoms with van der Waals surface area (Å²) in [5.74, 6) is 0. The van der Waals surface area contributed by atoms with E-state index in [9.17, 15) is 0 Å². The van der Waals surface area contributed by atoms with Gasteiger partial charge < -0.3 is 12.4 Å². The minimum absolute atomic E-state index is 0. The van der Waals surface area contributed by atoms with E-state index in [1.807, 2.05) is 0 Å². The fourth-order valence-corrected chi connectivity index (χ4v) is 9.94. The third kappa shape index (κ3) is 3.89. The molecule has 0 amide bonds. The van der Waals surface area contributed by atoms with Crippen molar-refractivity contribution in [3.63, 3.8) is 0 Å². The molecule has 2 aromatic carbocycles. The van der Waals surface area contributed by atoms with Gasteiger partial charge >= 0.3 is 153 Å². The fourth-order valence-electron chi connectivity index (χ4n) is 3.55. The van der Waals surface area contributed by atoms with Gasteiger partial charge in [0.15, 0.2) is 0 Å². The molecule has 0 atom stereocenters. The number of fused-ring (bicyclic) bond motifs is 1. The van der Waals surface area contributed by atoms with Crippen molar-refractivity contribution in [1.82, 2.24) is 0 Å². The van der Waals surface area contributed by atoms with Crippen LogP contribution in [-0.4, -0.2) is 0 Å². The van der Waals surface area contributed by atoms with Crippen LogP contribution in [0.3, 0.4) is 0 Å². The molecule has 2 aromatic rings. The van der Waals surface area contributed by atoms with Crippen LogP contribution in [0, 0.1) is 0 Å². The molecule has 0 fully saturated rings. The Kier molecular flexibility index (Phi) is 6.10. The second kappa shape index (κ2) is 8.30. The number of hydrogen-bond acceptors (Lipinski definition) is 0. The standard InChI is InChI=1S/C13H11.2C5H5.ClH.Zr/c1-10(2)12-9-5-7-11-6-3-4-8-13(11)12;2*1-2-4-5-3-1;;/h1,3-9H,2H3;2*1-3H,4H2;1H;/q;;;;+1/p-1. The largest absolute Gasteiger partial charge is 1.00 e. The molecule has 0 unspecified atom stereocenters. The third-order valence-corrected chi connectivity index (χ3v) is 11.8. The van der Waals surface area contributed by atoms with E-state index in [-0.39, 0.29) is 12.4 Å². The molecule has 2 aliphatic carbocycles. The van der Waals surface area contributed by atoms with Gasteiger partial charge in [0.05, 0.1) is 0 Å². The molecule has 0 saturated heterocycles. The Morgan fingerprint density at radius 2 is 1.52 bits per heavy atom. The van der Waals surface area contributed by atoms with E-state index >= 15 is 0 Å². The van der Waals surface area contributed by atoms with Crippen LogP contribution in [0.25, 0.3) is 16.3 Å². The zero-order valence-corrected chi connectivity index (χ0v) is 17.6. The molecule has 0 N–H and O–H groups in total. The summed E-state index contributed by atoms with van der Waals surface area (Å²) in [7, 11) is 0. The van der Waals surface area contributed by atoms with Gasteiger partial charge in [0.2, 0.25) is 0 Å². The summed E-state index contributed by atoms with van der Waals surface area (Å²) in [6.45, 7) is 2.30. The topological polar surface area (TPSA) is 0 Å². The second-order valence-electron chi connectivity index (χ2n) is 6.42. The average molecular weight is 424 g/mol. The Balaban J connectivity index is 0.00000182. The van der Waals surface area contributed by atoms with Crippen LogP contribution in [-0.2, 0) is 21.8 Å². The first kappa shape index (κ1) is 18.4. The first-order valence-corrected chi connectivity index (χ1v) is 12.5. The molecular weight excluding hydrogens is 403 g/mol. The molecule has 0 aromatic heterocycles. The summed E-state index contributed by atoms with van der Waals surface area (Å²) >= 11 is -1.89. The van der Waals surface area contributed by atoms with Gasteiger partial charge in [0, 0.05) is 0 Å². The molecule has 4 rings (SSSR count). The molecule has 25 heavy (non-hydrogen) atoms. The van der Waals surface area contributed by atoms with Gasteiger partial charge in [-0.15, -0.1) is 0 Å². The second-order valence-corrected chi connectivity index (χ2v) is 12.3. The third-order valence-electron chi connectivity index (χ3n) is 4.81. The summed E-state index contributed by atoms with van der Waals surface area (Å²) < 4.78 is 6.06. The quantitative estimate of drug-likeness (QED) is 0.705. The van der Waals surface area contributed by atoms with Gasteiger partial charge in [0.1, 0.15) is 0 Å². The maximum atomic E-state index is 2.65. The van der Waals surface area contributed by atoms with Crippen LogP contribution < -0.4 is 12.4 Å². The van der Waals surface area contributed by atoms with Crippen molar-refractivity contribution in [2.24, 2.45) is 0 Å². The molecule has 0 nitrogen and oxygen atoms in total. The number of halogens is 1. The SMILES string of the molecule is C/C(=[CH]\[Zr+]([C]1=CC=CC1)[C]1=CC=CC1)c1cccc2ccccc12.[Cl-]. The maximum Gasteiger partial charge on any atom is -1.00 e. The molecule has 124 valence electrons. The normalized spacial score (nSPS) is 16.0. The Morgan fingerprint density at radius 3 is 2.16 bits per heavy atom. The number of allylic oxidation sites excluding steroid dienone is 9. The molecule has 0 bridgehead atoms. The Morgan fingerprint density at radius 1 is 0.880 bits per heavy atom. The van der Waals surface area contributed by atoms with Gasteiger partial charge in [-0.3, -0.25) is 0 Å². The Hall–Kier alpha value is -1.43. The molecular formula is C23H21ClZr. The van der Waals surface area contributed by atoms with E-state index in [0.717, 1.165) is 12.8 Å². The predicted molar refractivity (Wildman–Crippen MR) is 101 cm³/mol. The van der Waals surface area contributed by atoms with E-state index in [1.165, 1.54) is 21.9 Å². The molecule has 0 saturated carbocycles. The summed E-state index contributed by atoms with van der Waals surface area (Å²) in [5, 5.41) is 2.70. The molecule has 2 heteroatoms. The summed E-state index contributed by atoms with van der Waals surface area (Å²) in [6.07, 6.45) is 16.2.